The zero-order chi connectivity index (χ0) is 24.8. The van der Waals surface area contributed by atoms with Gasteiger partial charge in [-0.2, -0.15) is 0 Å². The normalized spacial score (nSPS) is 43.1. The molecule has 1 amide bonds. The van der Waals surface area contributed by atoms with Gasteiger partial charge in [-0.25, -0.2) is 0 Å². The Bertz CT molecular complexity index is 864. The molecule has 190 valence electrons. The van der Waals surface area contributed by atoms with E-state index < -0.39 is 11.3 Å². The molecule has 0 bridgehead atoms. The second kappa shape index (κ2) is 9.75. The van der Waals surface area contributed by atoms with Crippen molar-refractivity contribution in [1.29, 1.82) is 0 Å². The average molecular weight is 475 g/mol. The zero-order valence-electron chi connectivity index (χ0n) is 21.3. The lowest BCUT2D eigenvalue weighted by molar-refractivity contribution is -0.215. The number of amides is 1. The Morgan fingerprint density at radius 3 is 2.68 bits per heavy atom. The molecule has 4 aliphatic rings. The molecular formula is C27H42N2O5. The summed E-state index contributed by atoms with van der Waals surface area (Å²) >= 11 is 0. The second-order valence-electron chi connectivity index (χ2n) is 11.5. The third-order valence-electron chi connectivity index (χ3n) is 9.00. The largest absolute Gasteiger partial charge is 0.511 e. The number of aliphatic hydroxyl groups excluding tert-OH is 1. The highest BCUT2D eigenvalue weighted by molar-refractivity contribution is 6.25. The van der Waals surface area contributed by atoms with Crippen LogP contribution < -0.4 is 11.1 Å². The van der Waals surface area contributed by atoms with Crippen LogP contribution in [-0.2, 0) is 19.1 Å². The van der Waals surface area contributed by atoms with Crippen molar-refractivity contribution >= 4 is 11.7 Å². The standard InChI is InChI=1S/C27H42N2O5/c1-14-6-7-19-18(10-14)11-15(2)20(12-16(3)33-23-9-8-21(28)17(4)34-23)27(19,5)25(31)24-22(30)13-29-26(24)32/h11,14,16-21,23,31H,6-10,12-13,28H2,1-5H3,(H,29,32)/b25-24-. The van der Waals surface area contributed by atoms with E-state index in [9.17, 15) is 14.7 Å². The topological polar surface area (TPSA) is 111 Å². The zero-order valence-corrected chi connectivity index (χ0v) is 21.3. The van der Waals surface area contributed by atoms with Crippen LogP contribution in [0.3, 0.4) is 0 Å². The second-order valence-corrected chi connectivity index (χ2v) is 11.5. The molecule has 7 nitrogen and oxygen atoms in total. The van der Waals surface area contributed by atoms with Crippen molar-refractivity contribution in [2.24, 2.45) is 34.8 Å². The lowest BCUT2D eigenvalue weighted by atomic mass is 9.51. The highest BCUT2D eigenvalue weighted by Crippen LogP contribution is 2.58. The molecule has 2 heterocycles. The van der Waals surface area contributed by atoms with Gasteiger partial charge in [0.1, 0.15) is 11.3 Å². The molecule has 9 unspecified atom stereocenters. The van der Waals surface area contributed by atoms with Crippen molar-refractivity contribution in [3.63, 3.8) is 0 Å². The van der Waals surface area contributed by atoms with E-state index >= 15 is 0 Å². The van der Waals surface area contributed by atoms with Crippen molar-refractivity contribution in [2.75, 3.05) is 6.54 Å². The van der Waals surface area contributed by atoms with Crippen LogP contribution in [0.2, 0.25) is 0 Å². The van der Waals surface area contributed by atoms with Crippen LogP contribution in [0.15, 0.2) is 23.0 Å². The molecular weight excluding hydrogens is 432 g/mol. The lowest BCUT2D eigenvalue weighted by Crippen LogP contribution is -2.48. The molecule has 2 saturated heterocycles. The molecule has 0 radical (unpaired) electrons. The van der Waals surface area contributed by atoms with Gasteiger partial charge in [-0.05, 0) is 76.5 Å². The summed E-state index contributed by atoms with van der Waals surface area (Å²) in [6.45, 7) is 10.4. The number of hydrogen-bond donors (Lipinski definition) is 3. The Hall–Kier alpha value is -1.70. The van der Waals surface area contributed by atoms with Gasteiger partial charge >= 0.3 is 0 Å². The molecule has 4 rings (SSSR count). The number of carbonyl (C=O) groups excluding carboxylic acids is 2. The predicted octanol–water partition coefficient (Wildman–Crippen LogP) is 3.78. The van der Waals surface area contributed by atoms with E-state index in [1.165, 1.54) is 5.57 Å². The van der Waals surface area contributed by atoms with Crippen LogP contribution in [0.4, 0.5) is 0 Å². The van der Waals surface area contributed by atoms with Crippen LogP contribution in [-0.4, -0.2) is 47.9 Å². The molecule has 2 aliphatic carbocycles. The Labute approximate surface area is 203 Å². The van der Waals surface area contributed by atoms with Crippen molar-refractivity contribution in [3.05, 3.63) is 23.0 Å². The molecule has 0 aromatic rings. The minimum absolute atomic E-state index is 0.0322. The summed E-state index contributed by atoms with van der Waals surface area (Å²) in [7, 11) is 0. The molecule has 4 N–H and O–H groups in total. The molecule has 34 heavy (non-hydrogen) atoms. The minimum Gasteiger partial charge on any atom is -0.511 e. The lowest BCUT2D eigenvalue weighted by Gasteiger charge is -2.53. The average Bonchev–Trinajstić information content (AvgIpc) is 3.10. The first-order valence-electron chi connectivity index (χ1n) is 13.0. The quantitative estimate of drug-likeness (QED) is 0.242. The Balaban J connectivity index is 1.64. The summed E-state index contributed by atoms with van der Waals surface area (Å²) in [5, 5.41) is 14.2. The van der Waals surface area contributed by atoms with Crippen molar-refractivity contribution in [1.82, 2.24) is 5.32 Å². The van der Waals surface area contributed by atoms with E-state index in [2.05, 4.69) is 32.2 Å². The van der Waals surface area contributed by atoms with E-state index in [0.29, 0.717) is 18.3 Å². The third kappa shape index (κ3) is 4.59. The fourth-order valence-corrected chi connectivity index (χ4v) is 7.00. The van der Waals surface area contributed by atoms with Gasteiger partial charge in [-0.1, -0.05) is 31.9 Å². The van der Waals surface area contributed by atoms with Crippen LogP contribution in [0.5, 0.6) is 0 Å². The SMILES string of the molecule is CC1=CC2CC(C)CCC2C(C)(/C(O)=C2\C(=O)CNC2=O)C1CC(C)OC1CCC(N)C(C)O1. The van der Waals surface area contributed by atoms with Gasteiger partial charge in [-0.3, -0.25) is 9.59 Å². The summed E-state index contributed by atoms with van der Waals surface area (Å²) in [6, 6.07) is 0.0336. The molecule has 0 aromatic heterocycles. The number of fused-ring (bicyclic) bond motifs is 1. The molecule has 0 spiro atoms. The van der Waals surface area contributed by atoms with Gasteiger partial charge < -0.3 is 25.6 Å². The first-order valence-corrected chi connectivity index (χ1v) is 13.0. The fraction of sp³-hybridized carbons (Fsp3) is 0.778. The molecule has 2 aliphatic heterocycles. The van der Waals surface area contributed by atoms with Gasteiger partial charge in [-0.15, -0.1) is 0 Å². The van der Waals surface area contributed by atoms with Gasteiger partial charge in [0.2, 0.25) is 0 Å². The maximum atomic E-state index is 12.6. The molecule has 0 aromatic carbocycles. The number of allylic oxidation sites excluding steroid dienone is 3. The highest BCUT2D eigenvalue weighted by Gasteiger charge is 2.54. The number of nitrogens with two attached hydrogens (primary N) is 1. The van der Waals surface area contributed by atoms with Crippen LogP contribution in [0, 0.1) is 29.1 Å². The summed E-state index contributed by atoms with van der Waals surface area (Å²) in [5.74, 6) is 0.261. The van der Waals surface area contributed by atoms with Crippen LogP contribution in [0.25, 0.3) is 0 Å². The summed E-state index contributed by atoms with van der Waals surface area (Å²) in [5.41, 5.74) is 6.52. The van der Waals surface area contributed by atoms with Crippen molar-refractivity contribution in [2.45, 2.75) is 97.7 Å². The van der Waals surface area contributed by atoms with Crippen LogP contribution >= 0.6 is 0 Å². The maximum Gasteiger partial charge on any atom is 0.258 e. The van der Waals surface area contributed by atoms with E-state index in [4.69, 9.17) is 15.2 Å². The Morgan fingerprint density at radius 1 is 1.29 bits per heavy atom. The Morgan fingerprint density at radius 2 is 2.03 bits per heavy atom. The number of hydrogen-bond acceptors (Lipinski definition) is 6. The maximum absolute atomic E-state index is 12.6. The van der Waals surface area contributed by atoms with Gasteiger partial charge in [0, 0.05) is 11.5 Å². The molecule has 7 heteroatoms. The van der Waals surface area contributed by atoms with E-state index in [0.717, 1.165) is 32.1 Å². The highest BCUT2D eigenvalue weighted by atomic mass is 16.7. The van der Waals surface area contributed by atoms with E-state index in [-0.39, 0.29) is 60.0 Å². The summed E-state index contributed by atoms with van der Waals surface area (Å²) in [4.78, 5) is 25.1. The van der Waals surface area contributed by atoms with Gasteiger partial charge in [0.25, 0.3) is 5.91 Å². The number of ketones is 1. The number of carbonyl (C=O) groups is 2. The predicted molar refractivity (Wildman–Crippen MR) is 130 cm³/mol. The monoisotopic (exact) mass is 474 g/mol. The first kappa shape index (κ1) is 25.4. The number of rotatable bonds is 5. The third-order valence-corrected chi connectivity index (χ3v) is 9.00. The summed E-state index contributed by atoms with van der Waals surface area (Å²) < 4.78 is 12.3. The number of ether oxygens (including phenoxy) is 2. The fourth-order valence-electron chi connectivity index (χ4n) is 7.00. The summed E-state index contributed by atoms with van der Waals surface area (Å²) in [6.07, 6.45) is 7.34. The van der Waals surface area contributed by atoms with Gasteiger partial charge in [0.15, 0.2) is 12.1 Å². The molecule has 1 saturated carbocycles. The van der Waals surface area contributed by atoms with Gasteiger partial charge in [0.05, 0.1) is 18.8 Å². The van der Waals surface area contributed by atoms with Crippen molar-refractivity contribution < 1.29 is 24.2 Å². The van der Waals surface area contributed by atoms with Crippen LogP contribution in [0.1, 0.15) is 73.1 Å². The Kier molecular flexibility index (Phi) is 7.28. The number of aliphatic hydroxyl groups is 1. The smallest absolute Gasteiger partial charge is 0.258 e. The first-order chi connectivity index (χ1) is 16.0. The number of Topliss-reactive ketones (excluding diaryl/α,β-unsaturated/α-hetero) is 1. The van der Waals surface area contributed by atoms with Crippen molar-refractivity contribution in [3.8, 4) is 0 Å². The van der Waals surface area contributed by atoms with E-state index in [1.54, 1.807) is 0 Å². The molecule has 3 fully saturated rings. The minimum atomic E-state index is -0.711. The van der Waals surface area contributed by atoms with E-state index in [1.807, 2.05) is 13.8 Å². The number of nitrogens with one attached hydrogen (secondary N) is 1. The molecule has 9 atom stereocenters.